The molecule has 0 N–H and O–H groups in total. The maximum absolute atomic E-state index is 3.16. The fourth-order valence-corrected chi connectivity index (χ4v) is 1.64. The lowest BCUT2D eigenvalue weighted by Crippen LogP contribution is -1.67. The smallest absolute Gasteiger partial charge is 0.0521 e. The molecule has 0 saturated heterocycles. The van der Waals surface area contributed by atoms with E-state index < -0.39 is 0 Å². The normalized spacial score (nSPS) is 10.8. The average molecular weight is 185 g/mol. The van der Waals surface area contributed by atoms with E-state index in [1.165, 1.54) is 5.56 Å². The first-order chi connectivity index (χ1) is 6.45. The first-order valence-electron chi connectivity index (χ1n) is 4.13. The summed E-state index contributed by atoms with van der Waals surface area (Å²) in [7, 11) is 0. The van der Waals surface area contributed by atoms with Crippen LogP contribution in [0.15, 0.2) is 41.8 Å². The van der Waals surface area contributed by atoms with Crippen LogP contribution in [-0.4, -0.2) is 0 Å². The first kappa shape index (κ1) is 8.27. The summed E-state index contributed by atoms with van der Waals surface area (Å²) >= 11 is 1.60. The Morgan fingerprint density at radius 3 is 2.54 bits per heavy atom. The van der Waals surface area contributed by atoms with Gasteiger partial charge in [0.15, 0.2) is 0 Å². The predicted molar refractivity (Wildman–Crippen MR) is 58.5 cm³/mol. The van der Waals surface area contributed by atoms with Gasteiger partial charge in [0.1, 0.15) is 0 Å². The van der Waals surface area contributed by atoms with Gasteiger partial charge in [-0.3, -0.25) is 0 Å². The molecule has 2 aromatic rings. The van der Waals surface area contributed by atoms with Gasteiger partial charge in [-0.2, -0.15) is 0 Å². The molecule has 1 heterocycles. The van der Waals surface area contributed by atoms with E-state index in [4.69, 9.17) is 0 Å². The maximum atomic E-state index is 3.16. The Kier molecular flexibility index (Phi) is 2.58. The van der Waals surface area contributed by atoms with Gasteiger partial charge in [-0.25, -0.2) is 0 Å². The molecule has 1 aromatic carbocycles. The minimum absolute atomic E-state index is 1.15. The van der Waals surface area contributed by atoms with Gasteiger partial charge in [0.05, 0.1) is 5.38 Å². The third-order valence-corrected chi connectivity index (χ3v) is 2.37. The van der Waals surface area contributed by atoms with E-state index in [-0.39, 0.29) is 0 Å². The minimum atomic E-state index is 1.15. The first-order valence-corrected chi connectivity index (χ1v) is 5.01. The van der Waals surface area contributed by atoms with Gasteiger partial charge in [0.25, 0.3) is 0 Å². The molecule has 63 valence electrons. The summed E-state index contributed by atoms with van der Waals surface area (Å²) in [4.78, 5) is 0. The van der Waals surface area contributed by atoms with Crippen LogP contribution < -0.4 is 0 Å². The third kappa shape index (κ3) is 2.30. The largest absolute Gasteiger partial charge is 0.142 e. The van der Waals surface area contributed by atoms with Gasteiger partial charge >= 0.3 is 0 Å². The van der Waals surface area contributed by atoms with Crippen molar-refractivity contribution in [2.24, 2.45) is 0 Å². The van der Waals surface area contributed by atoms with Crippen molar-refractivity contribution in [3.63, 3.8) is 0 Å². The zero-order chi connectivity index (χ0) is 8.93. The second-order valence-electron chi connectivity index (χ2n) is 2.72. The minimum Gasteiger partial charge on any atom is -0.142 e. The zero-order valence-electron chi connectivity index (χ0n) is 7.10. The Balaban J connectivity index is 2.15. The van der Waals surface area contributed by atoms with Gasteiger partial charge in [-0.15, -0.1) is 11.3 Å². The number of rotatable bonds is 2. The second-order valence-corrected chi connectivity index (χ2v) is 3.43. The molecular weight excluding hydrogens is 176 g/mol. The standard InChI is InChI=1S/C12H9S/c1-2-4-11(5-3-1)6-7-12-8-9-13-10-12/h1-9H. The average Bonchev–Trinajstić information content (AvgIpc) is 2.69. The van der Waals surface area contributed by atoms with Crippen molar-refractivity contribution in [3.8, 4) is 0 Å². The van der Waals surface area contributed by atoms with Crippen molar-refractivity contribution >= 4 is 23.5 Å². The van der Waals surface area contributed by atoms with Gasteiger partial charge in [0.2, 0.25) is 0 Å². The van der Waals surface area contributed by atoms with Crippen LogP contribution in [0.5, 0.6) is 0 Å². The van der Waals surface area contributed by atoms with Crippen LogP contribution >= 0.6 is 11.3 Å². The van der Waals surface area contributed by atoms with Crippen molar-refractivity contribution in [2.45, 2.75) is 0 Å². The van der Waals surface area contributed by atoms with Gasteiger partial charge in [0, 0.05) is 0 Å². The lowest BCUT2D eigenvalue weighted by molar-refractivity contribution is 1.66. The van der Waals surface area contributed by atoms with Crippen molar-refractivity contribution in [1.82, 2.24) is 0 Å². The van der Waals surface area contributed by atoms with E-state index in [1.54, 1.807) is 11.3 Å². The summed E-state index contributed by atoms with van der Waals surface area (Å²) in [5.74, 6) is 0. The van der Waals surface area contributed by atoms with Crippen molar-refractivity contribution < 1.29 is 0 Å². The summed E-state index contributed by atoms with van der Waals surface area (Å²) in [6.45, 7) is 0. The SMILES string of the molecule is [c]1sccc1C=Cc1ccccc1. The molecule has 0 aliphatic carbocycles. The summed E-state index contributed by atoms with van der Waals surface area (Å²) < 4.78 is 0. The number of hydrogen-bond donors (Lipinski definition) is 0. The molecule has 1 aromatic heterocycles. The summed E-state index contributed by atoms with van der Waals surface area (Å²) in [6, 6.07) is 12.3. The Morgan fingerprint density at radius 2 is 1.85 bits per heavy atom. The molecule has 2 rings (SSSR count). The van der Waals surface area contributed by atoms with E-state index in [9.17, 15) is 0 Å². The van der Waals surface area contributed by atoms with Crippen molar-refractivity contribution in [1.29, 1.82) is 0 Å². The number of hydrogen-bond acceptors (Lipinski definition) is 1. The summed E-state index contributed by atoms with van der Waals surface area (Å²) in [6.07, 6.45) is 4.17. The molecule has 0 fully saturated rings. The van der Waals surface area contributed by atoms with Crippen molar-refractivity contribution in [3.05, 3.63) is 58.3 Å². The van der Waals surface area contributed by atoms with Crippen LogP contribution in [0.1, 0.15) is 11.1 Å². The second kappa shape index (κ2) is 4.06. The molecule has 0 nitrogen and oxygen atoms in total. The molecular formula is C12H9S. The fraction of sp³-hybridized carbons (Fsp3) is 0. The monoisotopic (exact) mass is 185 g/mol. The lowest BCUT2D eigenvalue weighted by Gasteiger charge is -1.89. The van der Waals surface area contributed by atoms with Crippen LogP contribution in [0.2, 0.25) is 0 Å². The van der Waals surface area contributed by atoms with Crippen LogP contribution in [0.25, 0.3) is 12.2 Å². The molecule has 1 heteroatoms. The molecule has 0 spiro atoms. The van der Waals surface area contributed by atoms with E-state index in [0.717, 1.165) is 5.56 Å². The lowest BCUT2D eigenvalue weighted by atomic mass is 10.2. The number of thiophene rings is 1. The van der Waals surface area contributed by atoms with Crippen LogP contribution in [-0.2, 0) is 0 Å². The summed E-state index contributed by atoms with van der Waals surface area (Å²) in [5, 5.41) is 5.19. The van der Waals surface area contributed by atoms with E-state index in [0.29, 0.717) is 0 Å². The molecule has 0 bridgehead atoms. The highest BCUT2D eigenvalue weighted by molar-refractivity contribution is 7.07. The zero-order valence-corrected chi connectivity index (χ0v) is 7.92. The van der Waals surface area contributed by atoms with Gasteiger partial charge in [-0.1, -0.05) is 42.5 Å². The molecule has 0 aliphatic heterocycles. The molecule has 0 aliphatic rings. The Hall–Kier alpha value is -1.34. The Morgan fingerprint density at radius 1 is 1.00 bits per heavy atom. The maximum Gasteiger partial charge on any atom is 0.0521 e. The Bertz CT molecular complexity index is 371. The fourth-order valence-electron chi connectivity index (χ4n) is 1.08. The van der Waals surface area contributed by atoms with E-state index in [2.05, 4.69) is 35.7 Å². The highest BCUT2D eigenvalue weighted by atomic mass is 32.1. The molecule has 1 radical (unpaired) electrons. The number of benzene rings is 1. The quantitative estimate of drug-likeness (QED) is 0.669. The molecule has 0 atom stereocenters. The van der Waals surface area contributed by atoms with Gasteiger partial charge in [-0.05, 0) is 22.6 Å². The molecule has 0 saturated carbocycles. The molecule has 13 heavy (non-hydrogen) atoms. The molecule has 0 unspecified atom stereocenters. The highest BCUT2D eigenvalue weighted by Crippen LogP contribution is 2.09. The topological polar surface area (TPSA) is 0 Å². The van der Waals surface area contributed by atoms with E-state index in [1.807, 2.05) is 23.6 Å². The Labute approximate surface area is 82.2 Å². The highest BCUT2D eigenvalue weighted by Gasteiger charge is 1.86. The van der Waals surface area contributed by atoms with E-state index >= 15 is 0 Å². The van der Waals surface area contributed by atoms with Crippen LogP contribution in [0, 0.1) is 5.38 Å². The summed E-state index contributed by atoms with van der Waals surface area (Å²) in [5.41, 5.74) is 2.37. The van der Waals surface area contributed by atoms with Crippen LogP contribution in [0.4, 0.5) is 0 Å². The third-order valence-electron chi connectivity index (χ3n) is 1.75. The van der Waals surface area contributed by atoms with Gasteiger partial charge < -0.3 is 0 Å². The predicted octanol–water partition coefficient (Wildman–Crippen LogP) is 3.72. The molecule has 0 amide bonds. The van der Waals surface area contributed by atoms with Crippen molar-refractivity contribution in [2.75, 3.05) is 0 Å². The van der Waals surface area contributed by atoms with Crippen LogP contribution in [0.3, 0.4) is 0 Å².